The topological polar surface area (TPSA) is 46.6 Å². The number of ether oxygens (including phenoxy) is 1. The maximum absolute atomic E-state index is 12.7. The second-order valence-corrected chi connectivity index (χ2v) is 7.25. The number of nitrogens with zero attached hydrogens (tertiary/aromatic N) is 1. The molecule has 26 heavy (non-hydrogen) atoms. The van der Waals surface area contributed by atoms with Crippen LogP contribution in [-0.4, -0.2) is 18.9 Å². The van der Waals surface area contributed by atoms with Crippen LogP contribution in [0.1, 0.15) is 31.9 Å². The van der Waals surface area contributed by atoms with Crippen molar-refractivity contribution < 1.29 is 14.3 Å². The van der Waals surface area contributed by atoms with Crippen molar-refractivity contribution in [2.24, 2.45) is 5.41 Å². The highest BCUT2D eigenvalue weighted by molar-refractivity contribution is 6.05. The number of hydrogen-bond acceptors (Lipinski definition) is 3. The Balaban J connectivity index is 2.34. The molecule has 0 spiro atoms. The third-order valence-electron chi connectivity index (χ3n) is 3.85. The van der Waals surface area contributed by atoms with Crippen LogP contribution >= 0.6 is 0 Å². The molecule has 0 aliphatic carbocycles. The van der Waals surface area contributed by atoms with Crippen molar-refractivity contribution in [1.29, 1.82) is 0 Å². The van der Waals surface area contributed by atoms with Crippen molar-refractivity contribution in [3.63, 3.8) is 0 Å². The van der Waals surface area contributed by atoms with Crippen molar-refractivity contribution in [1.82, 2.24) is 0 Å². The van der Waals surface area contributed by atoms with E-state index < -0.39 is 11.4 Å². The number of carbonyl (C=O) groups excluding carboxylic acids is 2. The first-order valence-corrected chi connectivity index (χ1v) is 8.52. The summed E-state index contributed by atoms with van der Waals surface area (Å²) in [6.07, 6.45) is 1.36. The van der Waals surface area contributed by atoms with Gasteiger partial charge in [-0.05, 0) is 45.4 Å². The molecule has 0 aromatic heterocycles. The van der Waals surface area contributed by atoms with Crippen molar-refractivity contribution >= 4 is 23.3 Å². The summed E-state index contributed by atoms with van der Waals surface area (Å²) in [7, 11) is 1.70. The fourth-order valence-electron chi connectivity index (χ4n) is 2.20. The van der Waals surface area contributed by atoms with E-state index in [1.807, 2.05) is 61.5 Å². The van der Waals surface area contributed by atoms with E-state index in [0.717, 1.165) is 11.3 Å². The van der Waals surface area contributed by atoms with E-state index in [-0.39, 0.29) is 11.7 Å². The van der Waals surface area contributed by atoms with Crippen LogP contribution < -0.4 is 4.90 Å². The van der Waals surface area contributed by atoms with Crippen LogP contribution in [0.4, 0.5) is 5.69 Å². The van der Waals surface area contributed by atoms with E-state index in [2.05, 4.69) is 0 Å². The molecule has 0 N–H and O–H groups in total. The molecule has 0 aliphatic heterocycles. The van der Waals surface area contributed by atoms with E-state index in [9.17, 15) is 9.59 Å². The monoisotopic (exact) mass is 351 g/mol. The summed E-state index contributed by atoms with van der Waals surface area (Å²) in [5.74, 6) is -0.412. The fraction of sp³-hybridized carbons (Fsp3) is 0.273. The van der Waals surface area contributed by atoms with Gasteiger partial charge in [-0.1, -0.05) is 42.5 Å². The Morgan fingerprint density at radius 3 is 2.23 bits per heavy atom. The number of amides is 1. The molecule has 2 aromatic carbocycles. The van der Waals surface area contributed by atoms with Gasteiger partial charge in [0.1, 0.15) is 5.76 Å². The van der Waals surface area contributed by atoms with Gasteiger partial charge in [0.25, 0.3) is 5.91 Å². The SMILES string of the molecule is Cc1cccc(N(C)C(=O)/C=C(/OC(=O)C(C)(C)C)c2ccccc2)c1. The first kappa shape index (κ1) is 19.4. The third-order valence-corrected chi connectivity index (χ3v) is 3.85. The molecule has 0 unspecified atom stereocenters. The highest BCUT2D eigenvalue weighted by atomic mass is 16.5. The molecule has 0 aliphatic rings. The van der Waals surface area contributed by atoms with E-state index >= 15 is 0 Å². The van der Waals surface area contributed by atoms with E-state index in [1.165, 1.54) is 11.0 Å². The van der Waals surface area contributed by atoms with Gasteiger partial charge < -0.3 is 9.64 Å². The number of anilines is 1. The zero-order valence-electron chi connectivity index (χ0n) is 15.9. The molecular weight excluding hydrogens is 326 g/mol. The molecule has 4 heteroatoms. The highest BCUT2D eigenvalue weighted by Gasteiger charge is 2.25. The lowest BCUT2D eigenvalue weighted by atomic mass is 9.97. The Labute approximate surface area is 155 Å². The molecule has 0 bridgehead atoms. The van der Waals surface area contributed by atoms with Gasteiger partial charge in [-0.2, -0.15) is 0 Å². The summed E-state index contributed by atoms with van der Waals surface area (Å²) < 4.78 is 5.56. The quantitative estimate of drug-likeness (QED) is 0.460. The van der Waals surface area contributed by atoms with Gasteiger partial charge in [0.15, 0.2) is 0 Å². The molecule has 2 rings (SSSR count). The average Bonchev–Trinajstić information content (AvgIpc) is 2.60. The highest BCUT2D eigenvalue weighted by Crippen LogP contribution is 2.24. The van der Waals surface area contributed by atoms with Crippen LogP contribution in [0, 0.1) is 12.3 Å². The minimum Gasteiger partial charge on any atom is -0.425 e. The molecule has 136 valence electrons. The van der Waals surface area contributed by atoms with Gasteiger partial charge in [-0.15, -0.1) is 0 Å². The zero-order valence-corrected chi connectivity index (χ0v) is 15.9. The lowest BCUT2D eigenvalue weighted by molar-refractivity contribution is -0.145. The summed E-state index contributed by atoms with van der Waals surface area (Å²) >= 11 is 0. The molecular formula is C22H25NO3. The Kier molecular flexibility index (Phi) is 5.98. The second kappa shape index (κ2) is 8.00. The number of rotatable bonds is 4. The first-order chi connectivity index (χ1) is 12.2. The summed E-state index contributed by atoms with van der Waals surface area (Å²) in [5.41, 5.74) is 1.85. The van der Waals surface area contributed by atoms with Crippen LogP contribution in [0.3, 0.4) is 0 Å². The van der Waals surface area contributed by atoms with Gasteiger partial charge in [0, 0.05) is 24.4 Å². The van der Waals surface area contributed by atoms with Crippen molar-refractivity contribution in [3.05, 3.63) is 71.8 Å². The van der Waals surface area contributed by atoms with E-state index in [4.69, 9.17) is 4.74 Å². The third kappa shape index (κ3) is 5.06. The van der Waals surface area contributed by atoms with Crippen molar-refractivity contribution in [2.45, 2.75) is 27.7 Å². The van der Waals surface area contributed by atoms with E-state index in [0.29, 0.717) is 5.56 Å². The molecule has 1 amide bonds. The lowest BCUT2D eigenvalue weighted by Gasteiger charge is -2.20. The Hall–Kier alpha value is -2.88. The zero-order chi connectivity index (χ0) is 19.3. The molecule has 4 nitrogen and oxygen atoms in total. The molecule has 0 fully saturated rings. The Bertz CT molecular complexity index is 817. The molecule has 2 aromatic rings. The Morgan fingerprint density at radius 1 is 1.00 bits per heavy atom. The first-order valence-electron chi connectivity index (χ1n) is 8.52. The lowest BCUT2D eigenvalue weighted by Crippen LogP contribution is -2.26. The molecule has 0 heterocycles. The smallest absolute Gasteiger partial charge is 0.316 e. The van der Waals surface area contributed by atoms with Crippen molar-refractivity contribution in [2.75, 3.05) is 11.9 Å². The number of likely N-dealkylation sites (N-methyl/N-ethyl adjacent to an activating group) is 1. The van der Waals surface area contributed by atoms with Gasteiger partial charge in [0.05, 0.1) is 5.41 Å². The van der Waals surface area contributed by atoms with Crippen molar-refractivity contribution in [3.8, 4) is 0 Å². The Morgan fingerprint density at radius 2 is 1.65 bits per heavy atom. The average molecular weight is 351 g/mol. The van der Waals surface area contributed by atoms with Gasteiger partial charge >= 0.3 is 5.97 Å². The van der Waals surface area contributed by atoms with Crippen LogP contribution in [0.25, 0.3) is 5.76 Å². The van der Waals surface area contributed by atoms with Gasteiger partial charge in [-0.25, -0.2) is 0 Å². The predicted octanol–water partition coefficient (Wildman–Crippen LogP) is 4.59. The maximum Gasteiger partial charge on any atom is 0.316 e. The van der Waals surface area contributed by atoms with E-state index in [1.54, 1.807) is 27.8 Å². The summed E-state index contributed by atoms with van der Waals surface area (Å²) in [6, 6.07) is 16.8. The fourth-order valence-corrected chi connectivity index (χ4v) is 2.20. The number of aryl methyl sites for hydroxylation is 1. The molecule has 0 saturated heterocycles. The van der Waals surface area contributed by atoms with Gasteiger partial charge in [-0.3, -0.25) is 9.59 Å². The van der Waals surface area contributed by atoms with Crippen LogP contribution in [0.15, 0.2) is 60.7 Å². The van der Waals surface area contributed by atoms with Crippen LogP contribution in [-0.2, 0) is 14.3 Å². The normalized spacial score (nSPS) is 11.8. The molecule has 0 radical (unpaired) electrons. The second-order valence-electron chi connectivity index (χ2n) is 7.25. The largest absolute Gasteiger partial charge is 0.425 e. The summed E-state index contributed by atoms with van der Waals surface area (Å²) in [5, 5.41) is 0. The maximum atomic E-state index is 12.7. The standard InChI is InChI=1S/C22H25NO3/c1-16-10-9-13-18(14-16)23(5)20(24)15-19(17-11-7-6-8-12-17)26-21(25)22(2,3)4/h6-15H,1-5H3/b19-15+. The summed E-state index contributed by atoms with van der Waals surface area (Å²) in [6.45, 7) is 7.30. The number of hydrogen-bond donors (Lipinski definition) is 0. The minimum absolute atomic E-state index is 0.245. The minimum atomic E-state index is -0.667. The van der Waals surface area contributed by atoms with Gasteiger partial charge in [0.2, 0.25) is 0 Å². The van der Waals surface area contributed by atoms with Crippen LogP contribution in [0.5, 0.6) is 0 Å². The predicted molar refractivity (Wildman–Crippen MR) is 105 cm³/mol. The number of carbonyl (C=O) groups is 2. The summed E-state index contributed by atoms with van der Waals surface area (Å²) in [4.78, 5) is 26.6. The number of esters is 1. The number of benzene rings is 2. The molecule has 0 saturated carbocycles. The molecule has 0 atom stereocenters. The van der Waals surface area contributed by atoms with Crippen LogP contribution in [0.2, 0.25) is 0 Å².